The smallest absolute Gasteiger partial charge is 0.272 e. The summed E-state index contributed by atoms with van der Waals surface area (Å²) in [5.41, 5.74) is 1.13. The fraction of sp³-hybridized carbons (Fsp3) is 0.133. The molecule has 0 spiro atoms. The van der Waals surface area contributed by atoms with E-state index in [0.717, 1.165) is 23.8 Å². The molecule has 6 nitrogen and oxygen atoms in total. The van der Waals surface area contributed by atoms with E-state index in [1.807, 2.05) is 19.1 Å². The summed E-state index contributed by atoms with van der Waals surface area (Å²) in [6.07, 6.45) is 0. The number of benzene rings is 2. The van der Waals surface area contributed by atoms with Crippen LogP contribution < -0.4 is 10.1 Å². The zero-order valence-electron chi connectivity index (χ0n) is 12.3. The molecule has 2 aromatic carbocycles. The molecule has 0 saturated carbocycles. The van der Waals surface area contributed by atoms with E-state index in [4.69, 9.17) is 4.74 Å². The molecule has 2 aromatic rings. The predicted molar refractivity (Wildman–Crippen MR) is 93.8 cm³/mol. The minimum atomic E-state index is -0.908. The van der Waals surface area contributed by atoms with E-state index in [0.29, 0.717) is 14.6 Å². The monoisotopic (exact) mass is 460 g/mol. The second-order valence-corrected chi connectivity index (χ2v) is 6.52. The summed E-state index contributed by atoms with van der Waals surface area (Å²) < 4.78 is 20.1. The molecule has 0 aliphatic rings. The number of nitrogens with zero attached hydrogens (tertiary/aromatic N) is 1. The van der Waals surface area contributed by atoms with Crippen LogP contribution in [0, 0.1) is 22.9 Å². The van der Waals surface area contributed by atoms with Crippen LogP contribution in [-0.4, -0.2) is 17.4 Å². The molecule has 0 heterocycles. The van der Waals surface area contributed by atoms with Gasteiger partial charge >= 0.3 is 0 Å². The van der Waals surface area contributed by atoms with Gasteiger partial charge in [-0.15, -0.1) is 0 Å². The largest absolute Gasteiger partial charge is 0.481 e. The van der Waals surface area contributed by atoms with Gasteiger partial charge in [0.15, 0.2) is 18.2 Å². The van der Waals surface area contributed by atoms with Crippen molar-refractivity contribution in [1.29, 1.82) is 0 Å². The Morgan fingerprint density at radius 1 is 1.29 bits per heavy atom. The number of nitrogens with one attached hydrogen (secondary N) is 1. The Kier molecular flexibility index (Phi) is 5.89. The average Bonchev–Trinajstić information content (AvgIpc) is 2.49. The van der Waals surface area contributed by atoms with E-state index in [9.17, 15) is 19.3 Å². The second kappa shape index (κ2) is 7.71. The normalized spacial score (nSPS) is 10.3. The van der Waals surface area contributed by atoms with Gasteiger partial charge in [-0.2, -0.15) is 0 Å². The molecule has 2 rings (SSSR count). The molecule has 0 aliphatic heterocycles. The average molecular weight is 462 g/mol. The van der Waals surface area contributed by atoms with Crippen molar-refractivity contribution in [3.63, 3.8) is 0 Å². The Morgan fingerprint density at radius 2 is 1.92 bits per heavy atom. The van der Waals surface area contributed by atoms with Gasteiger partial charge in [-0.3, -0.25) is 14.9 Å². The van der Waals surface area contributed by atoms with Crippen LogP contribution in [0.25, 0.3) is 0 Å². The molecule has 0 aliphatic carbocycles. The van der Waals surface area contributed by atoms with Crippen LogP contribution in [0.4, 0.5) is 15.8 Å². The number of ether oxygens (including phenoxy) is 1. The zero-order chi connectivity index (χ0) is 17.9. The number of rotatable bonds is 5. The first kappa shape index (κ1) is 18.3. The second-order valence-electron chi connectivity index (χ2n) is 4.81. The molecular weight excluding hydrogens is 451 g/mol. The molecule has 0 unspecified atom stereocenters. The van der Waals surface area contributed by atoms with Gasteiger partial charge in [0.1, 0.15) is 0 Å². The van der Waals surface area contributed by atoms with Gasteiger partial charge in [-0.25, -0.2) is 4.39 Å². The van der Waals surface area contributed by atoms with Gasteiger partial charge in [0, 0.05) is 15.0 Å². The highest BCUT2D eigenvalue weighted by Gasteiger charge is 2.14. The highest BCUT2D eigenvalue weighted by atomic mass is 79.9. The number of hydrogen-bond acceptors (Lipinski definition) is 4. The highest BCUT2D eigenvalue weighted by Crippen LogP contribution is 2.32. The van der Waals surface area contributed by atoms with Crippen LogP contribution >= 0.6 is 31.9 Å². The molecule has 0 atom stereocenters. The van der Waals surface area contributed by atoms with Crippen molar-refractivity contribution in [1.82, 2.24) is 0 Å². The number of nitro groups is 1. The summed E-state index contributed by atoms with van der Waals surface area (Å²) in [4.78, 5) is 21.8. The van der Waals surface area contributed by atoms with E-state index >= 15 is 0 Å². The van der Waals surface area contributed by atoms with Crippen molar-refractivity contribution in [2.24, 2.45) is 0 Å². The van der Waals surface area contributed by atoms with E-state index < -0.39 is 28.9 Å². The van der Waals surface area contributed by atoms with Crippen molar-refractivity contribution in [2.75, 3.05) is 11.9 Å². The standard InChI is InChI=1S/C15H11Br2FN2O4/c1-8-4-10(16)15(11(17)5-8)19-14(21)7-24-13-3-2-9(20(22)23)6-12(13)18/h2-6H,7H2,1H3,(H,19,21). The molecule has 0 bridgehead atoms. The predicted octanol–water partition coefficient (Wildman–Crippen LogP) is 4.58. The Balaban J connectivity index is 2.03. The number of carbonyl (C=O) groups is 1. The number of halogens is 3. The van der Waals surface area contributed by atoms with Crippen LogP contribution in [-0.2, 0) is 4.79 Å². The number of non-ortho nitro benzene ring substituents is 1. The maximum Gasteiger partial charge on any atom is 0.272 e. The SMILES string of the molecule is Cc1cc(Br)c(NC(=O)COc2ccc([N+](=O)[O-])cc2F)c(Br)c1. The minimum Gasteiger partial charge on any atom is -0.481 e. The van der Waals surface area contributed by atoms with E-state index in [1.54, 1.807) is 0 Å². The number of aryl methyl sites for hydroxylation is 1. The summed E-state index contributed by atoms with van der Waals surface area (Å²) in [7, 11) is 0. The Morgan fingerprint density at radius 3 is 2.46 bits per heavy atom. The number of nitro benzene ring substituents is 1. The third kappa shape index (κ3) is 4.51. The maximum atomic E-state index is 13.7. The topological polar surface area (TPSA) is 81.5 Å². The molecule has 24 heavy (non-hydrogen) atoms. The Hall–Kier alpha value is -2.00. The molecule has 126 valence electrons. The zero-order valence-corrected chi connectivity index (χ0v) is 15.5. The number of carbonyl (C=O) groups excluding carboxylic acids is 1. The van der Waals surface area contributed by atoms with Crippen LogP contribution in [0.15, 0.2) is 39.3 Å². The van der Waals surface area contributed by atoms with Crippen molar-refractivity contribution < 1.29 is 18.8 Å². The lowest BCUT2D eigenvalue weighted by molar-refractivity contribution is -0.385. The lowest BCUT2D eigenvalue weighted by Gasteiger charge is -2.11. The maximum absolute atomic E-state index is 13.7. The molecule has 9 heteroatoms. The number of hydrogen-bond donors (Lipinski definition) is 1. The molecule has 0 radical (unpaired) electrons. The number of anilines is 1. The van der Waals surface area contributed by atoms with Crippen molar-refractivity contribution in [3.8, 4) is 5.75 Å². The molecule has 1 amide bonds. The van der Waals surface area contributed by atoms with E-state index in [-0.39, 0.29) is 5.75 Å². The van der Waals surface area contributed by atoms with Gasteiger partial charge in [0.05, 0.1) is 16.7 Å². The Labute approximate surface area is 153 Å². The lowest BCUT2D eigenvalue weighted by Crippen LogP contribution is -2.21. The minimum absolute atomic E-state index is 0.238. The third-order valence-corrected chi connectivity index (χ3v) is 4.19. The fourth-order valence-corrected chi connectivity index (χ4v) is 3.47. The molecule has 1 N–H and O–H groups in total. The van der Waals surface area contributed by atoms with Crippen molar-refractivity contribution in [2.45, 2.75) is 6.92 Å². The highest BCUT2D eigenvalue weighted by molar-refractivity contribution is 9.11. The molecule has 0 aromatic heterocycles. The van der Waals surface area contributed by atoms with Crippen LogP contribution in [0.3, 0.4) is 0 Å². The molecule has 0 fully saturated rings. The summed E-state index contributed by atoms with van der Waals surface area (Å²) in [5, 5.41) is 13.2. The quantitative estimate of drug-likeness (QED) is 0.521. The summed E-state index contributed by atoms with van der Waals surface area (Å²) in [6, 6.07) is 6.61. The Bertz CT molecular complexity index is 791. The van der Waals surface area contributed by atoms with Crippen molar-refractivity contribution >= 4 is 49.1 Å². The van der Waals surface area contributed by atoms with Gasteiger partial charge in [0.25, 0.3) is 11.6 Å². The molecular formula is C15H11Br2FN2O4. The molecule has 0 saturated heterocycles. The van der Waals surface area contributed by atoms with E-state index in [2.05, 4.69) is 37.2 Å². The van der Waals surface area contributed by atoms with Crippen LogP contribution in [0.2, 0.25) is 0 Å². The van der Waals surface area contributed by atoms with Gasteiger partial charge in [0.2, 0.25) is 0 Å². The summed E-state index contributed by atoms with van der Waals surface area (Å²) in [6.45, 7) is 1.46. The van der Waals surface area contributed by atoms with Crippen LogP contribution in [0.1, 0.15) is 5.56 Å². The lowest BCUT2D eigenvalue weighted by atomic mass is 10.2. The van der Waals surface area contributed by atoms with Crippen LogP contribution in [0.5, 0.6) is 5.75 Å². The first-order valence-electron chi connectivity index (χ1n) is 6.60. The summed E-state index contributed by atoms with van der Waals surface area (Å²) in [5.74, 6) is -1.65. The summed E-state index contributed by atoms with van der Waals surface area (Å²) >= 11 is 6.69. The third-order valence-electron chi connectivity index (χ3n) is 2.94. The fourth-order valence-electron chi connectivity index (χ4n) is 1.86. The van der Waals surface area contributed by atoms with E-state index in [1.165, 1.54) is 0 Å². The first-order valence-corrected chi connectivity index (χ1v) is 8.18. The number of amides is 1. The van der Waals surface area contributed by atoms with Gasteiger partial charge in [-0.1, -0.05) is 0 Å². The van der Waals surface area contributed by atoms with Crippen molar-refractivity contribution in [3.05, 3.63) is 60.8 Å². The van der Waals surface area contributed by atoms with Gasteiger partial charge in [-0.05, 0) is 62.5 Å². The first-order chi connectivity index (χ1) is 11.3. The van der Waals surface area contributed by atoms with Gasteiger partial charge < -0.3 is 10.1 Å².